The van der Waals surface area contributed by atoms with E-state index in [9.17, 15) is 4.79 Å². The molecule has 0 aromatic heterocycles. The summed E-state index contributed by atoms with van der Waals surface area (Å²) in [5, 5.41) is 8.78. The van der Waals surface area contributed by atoms with Crippen LogP contribution >= 0.6 is 15.9 Å². The van der Waals surface area contributed by atoms with Crippen LogP contribution < -0.4 is 5.73 Å². The Kier molecular flexibility index (Phi) is 5.44. The van der Waals surface area contributed by atoms with E-state index in [0.29, 0.717) is 30.8 Å². The van der Waals surface area contributed by atoms with Gasteiger partial charge in [0.15, 0.2) is 0 Å². The van der Waals surface area contributed by atoms with Crippen molar-refractivity contribution in [2.45, 2.75) is 13.3 Å². The van der Waals surface area contributed by atoms with Gasteiger partial charge in [-0.05, 0) is 47.5 Å². The maximum Gasteiger partial charge on any atom is 0.253 e. The van der Waals surface area contributed by atoms with Gasteiger partial charge < -0.3 is 15.7 Å². The molecule has 1 rings (SSSR count). The molecular weight excluding hydrogens is 284 g/mol. The van der Waals surface area contributed by atoms with E-state index in [4.69, 9.17) is 10.8 Å². The largest absolute Gasteiger partial charge is 0.398 e. The zero-order chi connectivity index (χ0) is 12.8. The van der Waals surface area contributed by atoms with E-state index in [2.05, 4.69) is 15.9 Å². The normalized spacial score (nSPS) is 10.3. The van der Waals surface area contributed by atoms with Crippen LogP contribution in [0.5, 0.6) is 0 Å². The van der Waals surface area contributed by atoms with Gasteiger partial charge >= 0.3 is 0 Å². The standard InChI is InChI=1S/C12H17BrN2O2/c1-2-15(6-3-7-16)12(17)9-4-5-10(13)11(14)8-9/h4-5,8,16H,2-3,6-7,14H2,1H3. The summed E-state index contributed by atoms with van der Waals surface area (Å²) in [5.41, 5.74) is 6.87. The first-order valence-corrected chi connectivity index (χ1v) is 6.34. The van der Waals surface area contributed by atoms with E-state index in [1.807, 2.05) is 6.92 Å². The number of rotatable bonds is 5. The third-order valence-corrected chi connectivity index (χ3v) is 3.22. The topological polar surface area (TPSA) is 66.6 Å². The van der Waals surface area contributed by atoms with Crippen LogP contribution in [0.2, 0.25) is 0 Å². The Hall–Kier alpha value is -1.07. The molecular formula is C12H17BrN2O2. The fraction of sp³-hybridized carbons (Fsp3) is 0.417. The van der Waals surface area contributed by atoms with Crippen LogP contribution in [0.1, 0.15) is 23.7 Å². The summed E-state index contributed by atoms with van der Waals surface area (Å²) >= 11 is 3.29. The smallest absolute Gasteiger partial charge is 0.253 e. The zero-order valence-corrected chi connectivity index (χ0v) is 11.4. The molecule has 4 nitrogen and oxygen atoms in total. The van der Waals surface area contributed by atoms with Gasteiger partial charge in [0.25, 0.3) is 5.91 Å². The predicted molar refractivity (Wildman–Crippen MR) is 71.8 cm³/mol. The molecule has 1 amide bonds. The average molecular weight is 301 g/mol. The van der Waals surface area contributed by atoms with Gasteiger partial charge in [0.1, 0.15) is 0 Å². The van der Waals surface area contributed by atoms with Gasteiger partial charge in [-0.2, -0.15) is 0 Å². The molecule has 0 aliphatic carbocycles. The Morgan fingerprint density at radius 3 is 2.76 bits per heavy atom. The molecule has 0 spiro atoms. The molecule has 3 N–H and O–H groups in total. The summed E-state index contributed by atoms with van der Waals surface area (Å²) < 4.78 is 0.785. The summed E-state index contributed by atoms with van der Waals surface area (Å²) in [6.45, 7) is 3.18. The Balaban J connectivity index is 2.82. The van der Waals surface area contributed by atoms with Crippen molar-refractivity contribution in [1.82, 2.24) is 4.90 Å². The SMILES string of the molecule is CCN(CCCO)C(=O)c1ccc(Br)c(N)c1. The molecule has 0 saturated carbocycles. The van der Waals surface area contributed by atoms with Crippen molar-refractivity contribution in [3.8, 4) is 0 Å². The Morgan fingerprint density at radius 2 is 2.24 bits per heavy atom. The second kappa shape index (κ2) is 6.61. The fourth-order valence-corrected chi connectivity index (χ4v) is 1.77. The van der Waals surface area contributed by atoms with Crippen molar-refractivity contribution in [1.29, 1.82) is 0 Å². The van der Waals surface area contributed by atoms with Gasteiger partial charge in [0, 0.05) is 35.4 Å². The molecule has 0 bridgehead atoms. The van der Waals surface area contributed by atoms with Crippen LogP contribution in [-0.2, 0) is 0 Å². The van der Waals surface area contributed by atoms with Crippen molar-refractivity contribution < 1.29 is 9.90 Å². The number of amides is 1. The number of carbonyl (C=O) groups excluding carboxylic acids is 1. The number of carbonyl (C=O) groups is 1. The van der Waals surface area contributed by atoms with Crippen molar-refractivity contribution >= 4 is 27.5 Å². The lowest BCUT2D eigenvalue weighted by Gasteiger charge is -2.20. The highest BCUT2D eigenvalue weighted by Gasteiger charge is 2.14. The second-order valence-corrected chi connectivity index (χ2v) is 4.55. The number of hydrogen-bond donors (Lipinski definition) is 2. The number of aliphatic hydroxyl groups excluding tert-OH is 1. The van der Waals surface area contributed by atoms with E-state index in [-0.39, 0.29) is 12.5 Å². The summed E-state index contributed by atoms with van der Waals surface area (Å²) in [4.78, 5) is 13.8. The predicted octanol–water partition coefficient (Wildman–Crippen LogP) is 1.88. The number of nitrogen functional groups attached to an aromatic ring is 1. The first-order chi connectivity index (χ1) is 8.10. The number of nitrogens with zero attached hydrogens (tertiary/aromatic N) is 1. The van der Waals surface area contributed by atoms with Crippen molar-refractivity contribution in [2.24, 2.45) is 0 Å². The fourth-order valence-electron chi connectivity index (χ4n) is 1.52. The number of halogens is 1. The molecule has 0 atom stereocenters. The average Bonchev–Trinajstić information content (AvgIpc) is 2.33. The van der Waals surface area contributed by atoms with Crippen molar-refractivity contribution in [2.75, 3.05) is 25.4 Å². The highest BCUT2D eigenvalue weighted by molar-refractivity contribution is 9.10. The van der Waals surface area contributed by atoms with Gasteiger partial charge in [-0.3, -0.25) is 4.79 Å². The molecule has 5 heteroatoms. The monoisotopic (exact) mass is 300 g/mol. The molecule has 0 heterocycles. The number of hydrogen-bond acceptors (Lipinski definition) is 3. The summed E-state index contributed by atoms with van der Waals surface area (Å²) in [6, 6.07) is 5.17. The third kappa shape index (κ3) is 3.71. The third-order valence-electron chi connectivity index (χ3n) is 2.50. The minimum Gasteiger partial charge on any atom is -0.398 e. The Morgan fingerprint density at radius 1 is 1.53 bits per heavy atom. The molecule has 0 radical (unpaired) electrons. The van der Waals surface area contributed by atoms with E-state index in [1.165, 1.54) is 0 Å². The molecule has 0 aliphatic rings. The lowest BCUT2D eigenvalue weighted by atomic mass is 10.1. The first-order valence-electron chi connectivity index (χ1n) is 5.55. The molecule has 0 saturated heterocycles. The van der Waals surface area contributed by atoms with Gasteiger partial charge in [-0.15, -0.1) is 0 Å². The summed E-state index contributed by atoms with van der Waals surface area (Å²) in [6.07, 6.45) is 0.589. The lowest BCUT2D eigenvalue weighted by molar-refractivity contribution is 0.0754. The number of nitrogens with two attached hydrogens (primary N) is 1. The van der Waals surface area contributed by atoms with Crippen molar-refractivity contribution in [3.05, 3.63) is 28.2 Å². The van der Waals surface area contributed by atoms with E-state index in [0.717, 1.165) is 4.47 Å². The van der Waals surface area contributed by atoms with Gasteiger partial charge in [-0.1, -0.05) is 0 Å². The molecule has 1 aromatic rings. The minimum atomic E-state index is -0.0554. The first kappa shape index (κ1) is 14.0. The zero-order valence-electron chi connectivity index (χ0n) is 9.82. The van der Waals surface area contributed by atoms with Crippen LogP contribution in [0, 0.1) is 0 Å². The highest BCUT2D eigenvalue weighted by Crippen LogP contribution is 2.21. The van der Waals surface area contributed by atoms with Crippen LogP contribution in [0.3, 0.4) is 0 Å². The number of aliphatic hydroxyl groups is 1. The highest BCUT2D eigenvalue weighted by atomic mass is 79.9. The maximum absolute atomic E-state index is 12.1. The molecule has 17 heavy (non-hydrogen) atoms. The minimum absolute atomic E-state index is 0.0554. The van der Waals surface area contributed by atoms with Crippen molar-refractivity contribution in [3.63, 3.8) is 0 Å². The van der Waals surface area contributed by atoms with Crippen LogP contribution in [-0.4, -0.2) is 35.6 Å². The Bertz CT molecular complexity index is 396. The van der Waals surface area contributed by atoms with Crippen LogP contribution in [0.15, 0.2) is 22.7 Å². The van der Waals surface area contributed by atoms with Gasteiger partial charge in [-0.25, -0.2) is 0 Å². The van der Waals surface area contributed by atoms with E-state index >= 15 is 0 Å². The summed E-state index contributed by atoms with van der Waals surface area (Å²) in [5.74, 6) is -0.0554. The molecule has 0 fully saturated rings. The molecule has 0 unspecified atom stereocenters. The Labute approximate surface area is 110 Å². The molecule has 0 aliphatic heterocycles. The van der Waals surface area contributed by atoms with Crippen LogP contribution in [0.4, 0.5) is 5.69 Å². The van der Waals surface area contributed by atoms with Crippen LogP contribution in [0.25, 0.3) is 0 Å². The van der Waals surface area contributed by atoms with Gasteiger partial charge in [0.2, 0.25) is 0 Å². The molecule has 94 valence electrons. The lowest BCUT2D eigenvalue weighted by Crippen LogP contribution is -2.32. The quantitative estimate of drug-likeness (QED) is 0.816. The second-order valence-electron chi connectivity index (χ2n) is 3.70. The maximum atomic E-state index is 12.1. The number of benzene rings is 1. The molecule has 1 aromatic carbocycles. The van der Waals surface area contributed by atoms with E-state index in [1.54, 1.807) is 23.1 Å². The van der Waals surface area contributed by atoms with Gasteiger partial charge in [0.05, 0.1) is 0 Å². The summed E-state index contributed by atoms with van der Waals surface area (Å²) in [7, 11) is 0. The number of anilines is 1. The van der Waals surface area contributed by atoms with E-state index < -0.39 is 0 Å².